The van der Waals surface area contributed by atoms with E-state index >= 15 is 0 Å². The minimum Gasteiger partial charge on any atom is -0.349 e. The van der Waals surface area contributed by atoms with Gasteiger partial charge in [-0.25, -0.2) is 12.7 Å². The summed E-state index contributed by atoms with van der Waals surface area (Å²) in [5.41, 5.74) is 0.130. The van der Waals surface area contributed by atoms with Crippen molar-refractivity contribution in [3.05, 3.63) is 65.2 Å². The van der Waals surface area contributed by atoms with E-state index in [1.807, 2.05) is 0 Å². The maximum absolute atomic E-state index is 12.8. The third-order valence-corrected chi connectivity index (χ3v) is 5.98. The normalized spacial score (nSPS) is 13.4. The first kappa shape index (κ1) is 21.9. The molecule has 5 nitrogen and oxygen atoms in total. The van der Waals surface area contributed by atoms with E-state index in [2.05, 4.69) is 5.32 Å². The van der Waals surface area contributed by atoms with Gasteiger partial charge in [-0.15, -0.1) is 0 Å². The Labute approximate surface area is 162 Å². The number of hydrogen-bond acceptors (Lipinski definition) is 3. The van der Waals surface area contributed by atoms with E-state index < -0.39 is 33.7 Å². The molecular weight excluding hydrogens is 393 g/mol. The van der Waals surface area contributed by atoms with Crippen LogP contribution in [-0.4, -0.2) is 32.7 Å². The summed E-state index contributed by atoms with van der Waals surface area (Å²) >= 11 is 0. The molecule has 0 aromatic heterocycles. The molecule has 0 saturated heterocycles. The molecule has 1 unspecified atom stereocenters. The number of rotatable bonds is 6. The Bertz CT molecular complexity index is 940. The number of alkyl halides is 3. The molecular formula is C19H21F3N2O3S. The average molecular weight is 414 g/mol. The molecule has 0 aliphatic heterocycles. The van der Waals surface area contributed by atoms with E-state index in [1.165, 1.54) is 38.4 Å². The summed E-state index contributed by atoms with van der Waals surface area (Å²) < 4.78 is 63.5. The number of nitrogens with zero attached hydrogens (tertiary/aromatic N) is 1. The van der Waals surface area contributed by atoms with Gasteiger partial charge in [0.15, 0.2) is 0 Å². The van der Waals surface area contributed by atoms with Crippen LogP contribution in [0.25, 0.3) is 0 Å². The van der Waals surface area contributed by atoms with Crippen LogP contribution in [0.5, 0.6) is 0 Å². The topological polar surface area (TPSA) is 66.5 Å². The minimum atomic E-state index is -4.46. The summed E-state index contributed by atoms with van der Waals surface area (Å²) in [5.74, 6) is -0.434. The standard InChI is InChI=1S/C19H21F3N2O3S/c1-13(15-7-9-17(10-8-15)28(26,27)24(2)3)23-18(25)12-14-5-4-6-16(11-14)19(20,21)22/h4-11,13H,12H2,1-3H3,(H,23,25). The van der Waals surface area contributed by atoms with Gasteiger partial charge < -0.3 is 5.32 Å². The molecule has 2 rings (SSSR count). The zero-order chi connectivity index (χ0) is 21.1. The van der Waals surface area contributed by atoms with Crippen molar-refractivity contribution in [2.45, 2.75) is 30.5 Å². The number of sulfonamides is 1. The maximum Gasteiger partial charge on any atom is 0.416 e. The largest absolute Gasteiger partial charge is 0.416 e. The van der Waals surface area contributed by atoms with Gasteiger partial charge in [-0.3, -0.25) is 4.79 Å². The molecule has 0 fully saturated rings. The van der Waals surface area contributed by atoms with Gasteiger partial charge in [0.1, 0.15) is 0 Å². The lowest BCUT2D eigenvalue weighted by molar-refractivity contribution is -0.137. The summed E-state index contributed by atoms with van der Waals surface area (Å²) in [6, 6.07) is 10.3. The lowest BCUT2D eigenvalue weighted by Gasteiger charge is -2.16. The fourth-order valence-corrected chi connectivity index (χ4v) is 3.46. The predicted molar refractivity (Wildman–Crippen MR) is 99.0 cm³/mol. The first-order chi connectivity index (χ1) is 12.9. The first-order valence-electron chi connectivity index (χ1n) is 8.39. The maximum atomic E-state index is 12.8. The number of hydrogen-bond donors (Lipinski definition) is 1. The molecule has 152 valence electrons. The summed E-state index contributed by atoms with van der Waals surface area (Å²) in [6.45, 7) is 1.71. The van der Waals surface area contributed by atoms with E-state index in [9.17, 15) is 26.4 Å². The number of amides is 1. The molecule has 0 saturated carbocycles. The quantitative estimate of drug-likeness (QED) is 0.788. The predicted octanol–water partition coefficient (Wildman–Crippen LogP) is 3.38. The van der Waals surface area contributed by atoms with Crippen LogP contribution in [0.4, 0.5) is 13.2 Å². The van der Waals surface area contributed by atoms with Gasteiger partial charge in [-0.05, 0) is 36.2 Å². The van der Waals surface area contributed by atoms with Crippen LogP contribution in [-0.2, 0) is 27.4 Å². The number of carbonyl (C=O) groups is 1. The molecule has 0 aliphatic rings. The van der Waals surface area contributed by atoms with Crippen molar-refractivity contribution in [3.8, 4) is 0 Å². The molecule has 1 atom stereocenters. The second-order valence-electron chi connectivity index (χ2n) is 6.52. The van der Waals surface area contributed by atoms with E-state index in [0.717, 1.165) is 16.4 Å². The zero-order valence-corrected chi connectivity index (χ0v) is 16.4. The summed E-state index contributed by atoms with van der Waals surface area (Å²) in [6.07, 6.45) is -4.66. The Morgan fingerprint density at radius 1 is 1.11 bits per heavy atom. The van der Waals surface area contributed by atoms with Gasteiger partial charge in [0.2, 0.25) is 15.9 Å². The van der Waals surface area contributed by atoms with Crippen molar-refractivity contribution in [1.29, 1.82) is 0 Å². The third-order valence-electron chi connectivity index (χ3n) is 4.16. The summed E-state index contributed by atoms with van der Waals surface area (Å²) in [7, 11) is -0.684. The number of halogens is 3. The Balaban J connectivity index is 2.05. The molecule has 0 bridgehead atoms. The van der Waals surface area contributed by atoms with Crippen LogP contribution in [0.2, 0.25) is 0 Å². The van der Waals surface area contributed by atoms with Gasteiger partial charge in [0, 0.05) is 14.1 Å². The van der Waals surface area contributed by atoms with Crippen molar-refractivity contribution < 1.29 is 26.4 Å². The monoisotopic (exact) mass is 414 g/mol. The molecule has 1 amide bonds. The summed E-state index contributed by atoms with van der Waals surface area (Å²) in [4.78, 5) is 12.3. The average Bonchev–Trinajstić information content (AvgIpc) is 2.61. The summed E-state index contributed by atoms with van der Waals surface area (Å²) in [5, 5.41) is 2.70. The Kier molecular flexibility index (Phi) is 6.51. The van der Waals surface area contributed by atoms with E-state index in [1.54, 1.807) is 19.1 Å². The van der Waals surface area contributed by atoms with Crippen molar-refractivity contribution in [3.63, 3.8) is 0 Å². The van der Waals surface area contributed by atoms with Gasteiger partial charge in [-0.1, -0.05) is 30.3 Å². The molecule has 0 heterocycles. The highest BCUT2D eigenvalue weighted by molar-refractivity contribution is 7.89. The van der Waals surface area contributed by atoms with E-state index in [-0.39, 0.29) is 16.9 Å². The van der Waals surface area contributed by atoms with Crippen LogP contribution in [0.3, 0.4) is 0 Å². The van der Waals surface area contributed by atoms with E-state index in [0.29, 0.717) is 5.56 Å². The Morgan fingerprint density at radius 2 is 1.71 bits per heavy atom. The van der Waals surface area contributed by atoms with Crippen molar-refractivity contribution >= 4 is 15.9 Å². The van der Waals surface area contributed by atoms with Crippen molar-refractivity contribution in [2.24, 2.45) is 0 Å². The molecule has 0 spiro atoms. The SMILES string of the molecule is CC(NC(=O)Cc1cccc(C(F)(F)F)c1)c1ccc(S(=O)(=O)N(C)C)cc1. The highest BCUT2D eigenvalue weighted by Crippen LogP contribution is 2.29. The molecule has 2 aromatic rings. The van der Waals surface area contributed by atoms with Crippen LogP contribution < -0.4 is 5.32 Å². The Hall–Kier alpha value is -2.39. The van der Waals surface area contributed by atoms with Gasteiger partial charge in [0.05, 0.1) is 22.9 Å². The fourth-order valence-electron chi connectivity index (χ4n) is 2.56. The minimum absolute atomic E-state index is 0.128. The van der Waals surface area contributed by atoms with E-state index in [4.69, 9.17) is 0 Å². The smallest absolute Gasteiger partial charge is 0.349 e. The van der Waals surface area contributed by atoms with Gasteiger partial charge in [0.25, 0.3) is 0 Å². The molecule has 0 aliphatic carbocycles. The van der Waals surface area contributed by atoms with Gasteiger partial charge in [-0.2, -0.15) is 13.2 Å². The molecule has 28 heavy (non-hydrogen) atoms. The molecule has 9 heteroatoms. The molecule has 1 N–H and O–H groups in total. The molecule has 0 radical (unpaired) electrons. The van der Waals surface area contributed by atoms with Crippen LogP contribution in [0.1, 0.15) is 29.7 Å². The van der Waals surface area contributed by atoms with Crippen LogP contribution in [0.15, 0.2) is 53.4 Å². The number of carbonyl (C=O) groups excluding carboxylic acids is 1. The lowest BCUT2D eigenvalue weighted by Crippen LogP contribution is -2.28. The second kappa shape index (κ2) is 8.32. The van der Waals surface area contributed by atoms with Gasteiger partial charge >= 0.3 is 6.18 Å². The highest BCUT2D eigenvalue weighted by atomic mass is 32.2. The highest BCUT2D eigenvalue weighted by Gasteiger charge is 2.30. The fraction of sp³-hybridized carbons (Fsp3) is 0.316. The van der Waals surface area contributed by atoms with Crippen LogP contribution in [0, 0.1) is 0 Å². The second-order valence-corrected chi connectivity index (χ2v) is 8.67. The van der Waals surface area contributed by atoms with Crippen molar-refractivity contribution in [1.82, 2.24) is 9.62 Å². The lowest BCUT2D eigenvalue weighted by atomic mass is 10.1. The van der Waals surface area contributed by atoms with Crippen LogP contribution >= 0.6 is 0 Å². The Morgan fingerprint density at radius 3 is 2.25 bits per heavy atom. The third kappa shape index (κ3) is 5.32. The zero-order valence-electron chi connectivity index (χ0n) is 15.6. The number of benzene rings is 2. The molecule has 2 aromatic carbocycles. The number of nitrogens with one attached hydrogen (secondary N) is 1. The first-order valence-corrected chi connectivity index (χ1v) is 9.83. The van der Waals surface area contributed by atoms with Crippen molar-refractivity contribution in [2.75, 3.05) is 14.1 Å².